The predicted molar refractivity (Wildman–Crippen MR) is 75.5 cm³/mol. The van der Waals surface area contributed by atoms with E-state index >= 15 is 0 Å². The molecule has 1 fully saturated rings. The first-order valence-electron chi connectivity index (χ1n) is 7.29. The van der Waals surface area contributed by atoms with E-state index in [1.807, 2.05) is 0 Å². The van der Waals surface area contributed by atoms with Crippen molar-refractivity contribution in [3.63, 3.8) is 0 Å². The molecule has 1 aromatic rings. The van der Waals surface area contributed by atoms with E-state index in [9.17, 15) is 0 Å². The monoisotopic (exact) mass is 244 g/mol. The van der Waals surface area contributed by atoms with Crippen molar-refractivity contribution in [3.8, 4) is 0 Å². The van der Waals surface area contributed by atoms with Gasteiger partial charge in [0.2, 0.25) is 0 Å². The van der Waals surface area contributed by atoms with Crippen molar-refractivity contribution in [3.05, 3.63) is 35.4 Å². The molecule has 0 heterocycles. The number of hydrogen-bond acceptors (Lipinski definition) is 2. The van der Waals surface area contributed by atoms with Crippen molar-refractivity contribution in [2.24, 2.45) is 11.7 Å². The molecule has 2 aliphatic rings. The van der Waals surface area contributed by atoms with Gasteiger partial charge in [-0.05, 0) is 49.8 Å². The van der Waals surface area contributed by atoms with Crippen molar-refractivity contribution in [1.29, 1.82) is 0 Å². The zero-order valence-corrected chi connectivity index (χ0v) is 11.3. The van der Waals surface area contributed by atoms with Crippen LogP contribution in [0, 0.1) is 5.92 Å². The maximum atomic E-state index is 6.49. The summed E-state index contributed by atoms with van der Waals surface area (Å²) in [7, 11) is 2.26. The second kappa shape index (κ2) is 5.02. The number of hydrogen-bond donors (Lipinski definition) is 1. The summed E-state index contributed by atoms with van der Waals surface area (Å²) in [5, 5.41) is 0. The van der Waals surface area contributed by atoms with Crippen LogP contribution in [0.15, 0.2) is 24.3 Å². The summed E-state index contributed by atoms with van der Waals surface area (Å²) in [5.74, 6) is 0.930. The quantitative estimate of drug-likeness (QED) is 0.886. The van der Waals surface area contributed by atoms with Gasteiger partial charge in [-0.25, -0.2) is 0 Å². The smallest absolute Gasteiger partial charge is 0.0455 e. The summed E-state index contributed by atoms with van der Waals surface area (Å²) in [5.41, 5.74) is 9.31. The Bertz CT molecular complexity index is 411. The Labute approximate surface area is 110 Å². The Morgan fingerprint density at radius 2 is 2.00 bits per heavy atom. The summed E-state index contributed by atoms with van der Waals surface area (Å²) in [6, 6.07) is 9.41. The second-order valence-electron chi connectivity index (χ2n) is 6.07. The third-order valence-electron chi connectivity index (χ3n) is 4.88. The average Bonchev–Trinajstić information content (AvgIpc) is 2.34. The number of rotatable bonds is 3. The Morgan fingerprint density at radius 1 is 1.22 bits per heavy atom. The van der Waals surface area contributed by atoms with E-state index in [1.54, 1.807) is 0 Å². The van der Waals surface area contributed by atoms with Crippen LogP contribution >= 0.6 is 0 Å². The lowest BCUT2D eigenvalue weighted by Crippen LogP contribution is -2.45. The molecule has 1 aromatic carbocycles. The highest BCUT2D eigenvalue weighted by molar-refractivity contribution is 5.33. The molecule has 0 aromatic heterocycles. The number of aryl methyl sites for hydroxylation is 1. The number of likely N-dealkylation sites (N-methyl/N-ethyl adjacent to an activating group) is 1. The van der Waals surface area contributed by atoms with Crippen LogP contribution in [-0.4, -0.2) is 24.5 Å². The molecule has 0 radical (unpaired) electrons. The summed E-state index contributed by atoms with van der Waals surface area (Å²) in [6.45, 7) is 1.24. The van der Waals surface area contributed by atoms with Crippen LogP contribution in [0.4, 0.5) is 0 Å². The highest BCUT2D eigenvalue weighted by atomic mass is 15.1. The Balaban J connectivity index is 1.71. The normalized spacial score (nSPS) is 27.9. The minimum atomic E-state index is 0.194. The van der Waals surface area contributed by atoms with Crippen LogP contribution in [0.25, 0.3) is 0 Å². The summed E-state index contributed by atoms with van der Waals surface area (Å²) < 4.78 is 0. The van der Waals surface area contributed by atoms with E-state index in [2.05, 4.69) is 36.2 Å². The first-order chi connectivity index (χ1) is 8.75. The molecular formula is C16H24N2. The van der Waals surface area contributed by atoms with Crippen molar-refractivity contribution < 1.29 is 0 Å². The molecule has 3 rings (SSSR count). The lowest BCUT2D eigenvalue weighted by molar-refractivity contribution is 0.134. The molecule has 0 spiro atoms. The molecule has 0 aliphatic heterocycles. The van der Waals surface area contributed by atoms with Gasteiger partial charge in [0.05, 0.1) is 0 Å². The van der Waals surface area contributed by atoms with Crippen molar-refractivity contribution in [2.45, 2.75) is 44.2 Å². The van der Waals surface area contributed by atoms with Gasteiger partial charge >= 0.3 is 0 Å². The fourth-order valence-corrected chi connectivity index (χ4v) is 3.49. The fraction of sp³-hybridized carbons (Fsp3) is 0.625. The van der Waals surface area contributed by atoms with Gasteiger partial charge < -0.3 is 10.6 Å². The minimum absolute atomic E-state index is 0.194. The lowest BCUT2D eigenvalue weighted by atomic mass is 9.81. The van der Waals surface area contributed by atoms with E-state index in [4.69, 9.17) is 5.73 Å². The minimum Gasteiger partial charge on any atom is -0.323 e. The zero-order valence-electron chi connectivity index (χ0n) is 11.3. The van der Waals surface area contributed by atoms with Crippen LogP contribution in [-0.2, 0) is 6.42 Å². The molecule has 2 N–H and O–H groups in total. The SMILES string of the molecule is CN(CC1CCC1)C1CCc2ccccc2C1N. The summed E-state index contributed by atoms with van der Waals surface area (Å²) in [4.78, 5) is 2.52. The van der Waals surface area contributed by atoms with Gasteiger partial charge in [-0.15, -0.1) is 0 Å². The molecular weight excluding hydrogens is 220 g/mol. The number of fused-ring (bicyclic) bond motifs is 1. The number of nitrogens with zero attached hydrogens (tertiary/aromatic N) is 1. The maximum absolute atomic E-state index is 6.49. The standard InChI is InChI=1S/C16H24N2/c1-18(11-12-5-4-6-12)15-10-9-13-7-2-3-8-14(13)16(15)17/h2-3,7-8,12,15-16H,4-6,9-11,17H2,1H3. The van der Waals surface area contributed by atoms with Crippen LogP contribution in [0.5, 0.6) is 0 Å². The van der Waals surface area contributed by atoms with Gasteiger partial charge in [0, 0.05) is 18.6 Å². The van der Waals surface area contributed by atoms with Crippen molar-refractivity contribution in [1.82, 2.24) is 4.90 Å². The topological polar surface area (TPSA) is 29.3 Å². The van der Waals surface area contributed by atoms with Gasteiger partial charge in [-0.2, -0.15) is 0 Å². The third-order valence-corrected chi connectivity index (χ3v) is 4.88. The molecule has 0 amide bonds. The van der Waals surface area contributed by atoms with Gasteiger partial charge in [-0.1, -0.05) is 30.7 Å². The van der Waals surface area contributed by atoms with Gasteiger partial charge in [0.25, 0.3) is 0 Å². The zero-order chi connectivity index (χ0) is 12.5. The molecule has 0 saturated heterocycles. The number of benzene rings is 1. The molecule has 0 bridgehead atoms. The Hall–Kier alpha value is -0.860. The molecule has 1 saturated carbocycles. The number of nitrogens with two attached hydrogens (primary N) is 1. The molecule has 2 nitrogen and oxygen atoms in total. The first-order valence-corrected chi connectivity index (χ1v) is 7.29. The van der Waals surface area contributed by atoms with Gasteiger partial charge in [0.15, 0.2) is 0 Å². The average molecular weight is 244 g/mol. The van der Waals surface area contributed by atoms with E-state index in [1.165, 1.54) is 49.8 Å². The van der Waals surface area contributed by atoms with Gasteiger partial charge in [-0.3, -0.25) is 0 Å². The van der Waals surface area contributed by atoms with Crippen molar-refractivity contribution in [2.75, 3.05) is 13.6 Å². The van der Waals surface area contributed by atoms with E-state index < -0.39 is 0 Å². The Kier molecular flexibility index (Phi) is 3.40. The largest absolute Gasteiger partial charge is 0.323 e. The predicted octanol–water partition coefficient (Wildman–Crippen LogP) is 2.73. The third kappa shape index (κ3) is 2.19. The Morgan fingerprint density at radius 3 is 2.72 bits per heavy atom. The molecule has 2 atom stereocenters. The molecule has 2 aliphatic carbocycles. The van der Waals surface area contributed by atoms with Crippen LogP contribution < -0.4 is 5.73 Å². The van der Waals surface area contributed by atoms with Gasteiger partial charge in [0.1, 0.15) is 0 Å². The van der Waals surface area contributed by atoms with E-state index in [-0.39, 0.29) is 6.04 Å². The molecule has 18 heavy (non-hydrogen) atoms. The molecule has 2 unspecified atom stereocenters. The van der Waals surface area contributed by atoms with Crippen molar-refractivity contribution >= 4 is 0 Å². The second-order valence-corrected chi connectivity index (χ2v) is 6.07. The highest BCUT2D eigenvalue weighted by Gasteiger charge is 2.31. The summed E-state index contributed by atoms with van der Waals surface area (Å²) >= 11 is 0. The first kappa shape index (κ1) is 12.2. The van der Waals surface area contributed by atoms with Crippen LogP contribution in [0.3, 0.4) is 0 Å². The lowest BCUT2D eigenvalue weighted by Gasteiger charge is -2.40. The van der Waals surface area contributed by atoms with E-state index in [0.29, 0.717) is 6.04 Å². The molecule has 2 heteroatoms. The highest BCUT2D eigenvalue weighted by Crippen LogP contribution is 2.33. The van der Waals surface area contributed by atoms with E-state index in [0.717, 1.165) is 5.92 Å². The molecule has 98 valence electrons. The van der Waals surface area contributed by atoms with Crippen LogP contribution in [0.1, 0.15) is 42.9 Å². The summed E-state index contributed by atoms with van der Waals surface area (Å²) in [6.07, 6.45) is 6.66. The maximum Gasteiger partial charge on any atom is 0.0455 e. The fourth-order valence-electron chi connectivity index (χ4n) is 3.49. The van der Waals surface area contributed by atoms with Crippen LogP contribution in [0.2, 0.25) is 0 Å².